The van der Waals surface area contributed by atoms with Crippen LogP contribution in [0.3, 0.4) is 0 Å². The van der Waals surface area contributed by atoms with Gasteiger partial charge in [-0.2, -0.15) is 0 Å². The molecule has 2 aromatic heterocycles. The smallest absolute Gasteiger partial charge is 0.322 e. The van der Waals surface area contributed by atoms with Gasteiger partial charge in [0.05, 0.1) is 8.66 Å². The van der Waals surface area contributed by atoms with Crippen LogP contribution < -0.4 is 5.32 Å². The summed E-state index contributed by atoms with van der Waals surface area (Å²) in [6.07, 6.45) is 0. The van der Waals surface area contributed by atoms with Gasteiger partial charge in [-0.3, -0.25) is 10.1 Å². The maximum Gasteiger partial charge on any atom is 0.322 e. The second-order valence-corrected chi connectivity index (χ2v) is 5.16. The Morgan fingerprint density at radius 2 is 2.33 bits per heavy atom. The molecule has 0 aliphatic rings. The lowest BCUT2D eigenvalue weighted by molar-refractivity contribution is -0.114. The number of hydrogen-bond donors (Lipinski definition) is 1. The molecule has 78 valence electrons. The molecule has 7 heteroatoms. The van der Waals surface area contributed by atoms with Crippen LogP contribution in [0.4, 0.5) is 6.01 Å². The molecule has 0 unspecified atom stereocenters. The van der Waals surface area contributed by atoms with Gasteiger partial charge < -0.3 is 4.42 Å². The van der Waals surface area contributed by atoms with Gasteiger partial charge in [-0.15, -0.1) is 16.4 Å². The summed E-state index contributed by atoms with van der Waals surface area (Å²) in [5, 5.41) is 9.91. The number of carbonyl (C=O) groups excluding carboxylic acids is 1. The maximum atomic E-state index is 10.7. The number of carbonyl (C=O) groups is 1. The average Bonchev–Trinajstić information content (AvgIpc) is 2.72. The van der Waals surface area contributed by atoms with Crippen molar-refractivity contribution >= 4 is 39.2 Å². The van der Waals surface area contributed by atoms with E-state index < -0.39 is 0 Å². The highest BCUT2D eigenvalue weighted by Gasteiger charge is 2.10. The van der Waals surface area contributed by atoms with Crippen LogP contribution in [-0.2, 0) is 4.79 Å². The first-order valence-corrected chi connectivity index (χ1v) is 5.63. The van der Waals surface area contributed by atoms with E-state index in [1.165, 1.54) is 18.3 Å². The number of thiophene rings is 1. The third kappa shape index (κ3) is 2.42. The van der Waals surface area contributed by atoms with Crippen molar-refractivity contribution in [2.75, 3.05) is 5.32 Å². The quantitative estimate of drug-likeness (QED) is 0.922. The van der Waals surface area contributed by atoms with Crippen molar-refractivity contribution in [2.24, 2.45) is 0 Å². The maximum absolute atomic E-state index is 10.7. The molecule has 0 radical (unpaired) electrons. The molecular weight excluding hydrogens is 282 g/mol. The van der Waals surface area contributed by atoms with Gasteiger partial charge in [0.15, 0.2) is 0 Å². The van der Waals surface area contributed by atoms with Crippen LogP contribution >= 0.6 is 27.3 Å². The Kier molecular flexibility index (Phi) is 2.83. The largest absolute Gasteiger partial charge is 0.402 e. The zero-order valence-corrected chi connectivity index (χ0v) is 10.1. The van der Waals surface area contributed by atoms with E-state index in [9.17, 15) is 4.79 Å². The molecule has 1 N–H and O–H groups in total. The van der Waals surface area contributed by atoms with Crippen molar-refractivity contribution in [3.8, 4) is 10.8 Å². The molecule has 0 bridgehead atoms. The SMILES string of the molecule is CC(=O)Nc1nnc(-c2ccc(Br)s2)o1. The molecule has 2 heterocycles. The normalized spacial score (nSPS) is 10.3. The van der Waals surface area contributed by atoms with Gasteiger partial charge in [0, 0.05) is 6.92 Å². The van der Waals surface area contributed by atoms with E-state index >= 15 is 0 Å². The molecule has 0 fully saturated rings. The predicted octanol–water partition coefficient (Wildman–Crippen LogP) is 2.52. The zero-order valence-electron chi connectivity index (χ0n) is 7.65. The van der Waals surface area contributed by atoms with E-state index in [4.69, 9.17) is 4.42 Å². The van der Waals surface area contributed by atoms with E-state index in [1.54, 1.807) is 0 Å². The van der Waals surface area contributed by atoms with Crippen LogP contribution in [0.5, 0.6) is 0 Å². The molecule has 0 atom stereocenters. The van der Waals surface area contributed by atoms with Crippen molar-refractivity contribution in [3.63, 3.8) is 0 Å². The third-order valence-electron chi connectivity index (χ3n) is 1.49. The molecule has 0 saturated carbocycles. The van der Waals surface area contributed by atoms with E-state index in [0.717, 1.165) is 8.66 Å². The highest BCUT2D eigenvalue weighted by Crippen LogP contribution is 2.30. The first kappa shape index (κ1) is 10.3. The Morgan fingerprint density at radius 1 is 1.53 bits per heavy atom. The molecule has 0 spiro atoms. The predicted molar refractivity (Wildman–Crippen MR) is 59.6 cm³/mol. The number of nitrogens with one attached hydrogen (secondary N) is 1. The number of hydrogen-bond acceptors (Lipinski definition) is 5. The molecule has 5 nitrogen and oxygen atoms in total. The summed E-state index contributed by atoms with van der Waals surface area (Å²) in [6, 6.07) is 3.87. The van der Waals surface area contributed by atoms with Gasteiger partial charge in [0.25, 0.3) is 5.89 Å². The number of nitrogens with zero attached hydrogens (tertiary/aromatic N) is 2. The summed E-state index contributed by atoms with van der Waals surface area (Å²) in [4.78, 5) is 11.6. The number of anilines is 1. The number of rotatable bonds is 2. The van der Waals surface area contributed by atoms with Crippen LogP contribution in [0.25, 0.3) is 10.8 Å². The van der Waals surface area contributed by atoms with E-state index in [2.05, 4.69) is 31.4 Å². The van der Waals surface area contributed by atoms with Gasteiger partial charge in [-0.25, -0.2) is 0 Å². The summed E-state index contributed by atoms with van der Waals surface area (Å²) < 4.78 is 6.21. The topological polar surface area (TPSA) is 68.0 Å². The van der Waals surface area contributed by atoms with Gasteiger partial charge in [0.2, 0.25) is 5.91 Å². The van der Waals surface area contributed by atoms with Gasteiger partial charge in [-0.1, -0.05) is 5.10 Å². The Labute approximate surface area is 97.6 Å². The van der Waals surface area contributed by atoms with Crippen molar-refractivity contribution in [1.29, 1.82) is 0 Å². The summed E-state index contributed by atoms with van der Waals surface area (Å²) in [7, 11) is 0. The van der Waals surface area contributed by atoms with Crippen LogP contribution in [0, 0.1) is 0 Å². The van der Waals surface area contributed by atoms with Crippen LogP contribution in [0.15, 0.2) is 20.3 Å². The molecule has 2 rings (SSSR count). The van der Waals surface area contributed by atoms with Gasteiger partial charge in [-0.05, 0) is 28.1 Å². The first-order chi connectivity index (χ1) is 7.15. The molecule has 0 aliphatic carbocycles. The standard InChI is InChI=1S/C8H6BrN3O2S/c1-4(13)10-8-12-11-7(14-8)5-2-3-6(9)15-5/h2-3H,1H3,(H,10,12,13). The fraction of sp³-hybridized carbons (Fsp3) is 0.125. The Morgan fingerprint density at radius 3 is 2.93 bits per heavy atom. The van der Waals surface area contributed by atoms with Crippen molar-refractivity contribution in [2.45, 2.75) is 6.92 Å². The molecule has 1 amide bonds. The van der Waals surface area contributed by atoms with Crippen LogP contribution in [-0.4, -0.2) is 16.1 Å². The fourth-order valence-corrected chi connectivity index (χ4v) is 2.26. The fourth-order valence-electron chi connectivity index (χ4n) is 0.953. The minimum absolute atomic E-state index is 0.113. The van der Waals surface area contributed by atoms with Crippen LogP contribution in [0.2, 0.25) is 0 Å². The lowest BCUT2D eigenvalue weighted by Crippen LogP contribution is -2.05. The second kappa shape index (κ2) is 4.11. The number of aromatic nitrogens is 2. The molecule has 0 aromatic carbocycles. The Bertz CT molecular complexity index is 494. The highest BCUT2D eigenvalue weighted by atomic mass is 79.9. The summed E-state index contributed by atoms with van der Waals surface area (Å²) in [5.74, 6) is 0.159. The summed E-state index contributed by atoms with van der Waals surface area (Å²) >= 11 is 4.82. The monoisotopic (exact) mass is 287 g/mol. The second-order valence-electron chi connectivity index (χ2n) is 2.70. The Hall–Kier alpha value is -1.21. The van der Waals surface area contributed by atoms with Crippen molar-refractivity contribution < 1.29 is 9.21 Å². The van der Waals surface area contributed by atoms with E-state index in [-0.39, 0.29) is 11.9 Å². The third-order valence-corrected chi connectivity index (χ3v) is 3.10. The van der Waals surface area contributed by atoms with Gasteiger partial charge >= 0.3 is 6.01 Å². The van der Waals surface area contributed by atoms with Crippen LogP contribution in [0.1, 0.15) is 6.92 Å². The first-order valence-electron chi connectivity index (χ1n) is 4.02. The molecule has 0 saturated heterocycles. The highest BCUT2D eigenvalue weighted by molar-refractivity contribution is 9.11. The average molecular weight is 288 g/mol. The molecule has 15 heavy (non-hydrogen) atoms. The number of amides is 1. The summed E-state index contributed by atoms with van der Waals surface area (Å²) in [6.45, 7) is 1.38. The lowest BCUT2D eigenvalue weighted by Gasteiger charge is -1.90. The van der Waals surface area contributed by atoms with Gasteiger partial charge in [0.1, 0.15) is 0 Å². The molecular formula is C8H6BrN3O2S. The zero-order chi connectivity index (χ0) is 10.8. The molecule has 2 aromatic rings. The van der Waals surface area contributed by atoms with E-state index in [0.29, 0.717) is 5.89 Å². The minimum atomic E-state index is -0.238. The Balaban J connectivity index is 2.23. The van der Waals surface area contributed by atoms with E-state index in [1.807, 2.05) is 12.1 Å². The van der Waals surface area contributed by atoms with Crippen molar-refractivity contribution in [3.05, 3.63) is 15.9 Å². The summed E-state index contributed by atoms with van der Waals surface area (Å²) in [5.41, 5.74) is 0. The minimum Gasteiger partial charge on any atom is -0.402 e. The number of halogens is 1. The lowest BCUT2D eigenvalue weighted by atomic mass is 10.5. The molecule has 0 aliphatic heterocycles. The van der Waals surface area contributed by atoms with Crippen molar-refractivity contribution in [1.82, 2.24) is 10.2 Å².